The Morgan fingerprint density at radius 1 is 0.971 bits per heavy atom. The fraction of sp³-hybridized carbons (Fsp3) is 0.138. The maximum Gasteiger partial charge on any atom is 0.335 e. The molecule has 4 aromatic carbocycles. The molecular weight excluding hydrogens is 456 g/mol. The van der Waals surface area contributed by atoms with Crippen LogP contribution in [-0.2, 0) is 6.54 Å². The van der Waals surface area contributed by atoms with Crippen molar-refractivity contribution in [2.75, 3.05) is 18.6 Å². The van der Waals surface area contributed by atoms with Gasteiger partial charge in [-0.15, -0.1) is 0 Å². The van der Waals surface area contributed by atoms with E-state index in [1.807, 2.05) is 12.1 Å². The average molecular weight is 481 g/mol. The number of carbonyl (C=O) groups is 1. The second-order valence-electron chi connectivity index (χ2n) is 8.73. The number of ether oxygens (including phenoxy) is 1. The molecule has 0 amide bonds. The molecule has 1 N–H and O–H groups in total. The number of methoxy groups -OCH3 is 1. The summed E-state index contributed by atoms with van der Waals surface area (Å²) in [5.41, 5.74) is 6.91. The monoisotopic (exact) mass is 480 g/mol. The van der Waals surface area contributed by atoms with E-state index in [0.717, 1.165) is 46.2 Å². The van der Waals surface area contributed by atoms with Gasteiger partial charge in [-0.1, -0.05) is 54.6 Å². The maximum absolute atomic E-state index is 11.6. The van der Waals surface area contributed by atoms with Crippen LogP contribution in [0.25, 0.3) is 11.1 Å². The van der Waals surface area contributed by atoms with Crippen molar-refractivity contribution in [1.82, 2.24) is 4.31 Å². The van der Waals surface area contributed by atoms with Crippen molar-refractivity contribution in [3.05, 3.63) is 108 Å². The van der Waals surface area contributed by atoms with E-state index in [9.17, 15) is 9.90 Å². The first-order valence-corrected chi connectivity index (χ1v) is 12.3. The summed E-state index contributed by atoms with van der Waals surface area (Å²) in [7, 11) is 1.66. The number of anilines is 2. The molecule has 0 aliphatic carbocycles. The highest BCUT2D eigenvalue weighted by molar-refractivity contribution is 7.97. The lowest BCUT2D eigenvalue weighted by Crippen LogP contribution is -2.26. The molecule has 0 fully saturated rings. The maximum atomic E-state index is 11.6. The molecular formula is C29H24N2O3S. The summed E-state index contributed by atoms with van der Waals surface area (Å²) < 4.78 is 8.30. The lowest BCUT2D eigenvalue weighted by Gasteiger charge is -2.28. The third-order valence-corrected chi connectivity index (χ3v) is 7.86. The predicted octanol–water partition coefficient (Wildman–Crippen LogP) is 6.78. The highest BCUT2D eigenvalue weighted by Crippen LogP contribution is 2.51. The molecule has 2 aliphatic rings. The van der Waals surface area contributed by atoms with Crippen molar-refractivity contribution in [2.45, 2.75) is 17.5 Å². The number of aromatic carboxylic acids is 1. The molecule has 0 aromatic heterocycles. The van der Waals surface area contributed by atoms with Crippen LogP contribution >= 0.6 is 11.9 Å². The third-order valence-electron chi connectivity index (χ3n) is 6.72. The van der Waals surface area contributed by atoms with Crippen molar-refractivity contribution in [1.29, 1.82) is 0 Å². The minimum absolute atomic E-state index is 0.244. The normalized spacial score (nSPS) is 16.7. The van der Waals surface area contributed by atoms with Crippen LogP contribution < -0.4 is 9.64 Å². The summed E-state index contributed by atoms with van der Waals surface area (Å²) >= 11 is 1.76. The van der Waals surface area contributed by atoms with Crippen LogP contribution in [0.15, 0.2) is 95.9 Å². The molecule has 0 saturated heterocycles. The van der Waals surface area contributed by atoms with Gasteiger partial charge >= 0.3 is 5.97 Å². The van der Waals surface area contributed by atoms with Gasteiger partial charge < -0.3 is 14.7 Å². The molecule has 0 radical (unpaired) electrons. The van der Waals surface area contributed by atoms with Crippen LogP contribution in [-0.4, -0.2) is 29.0 Å². The molecule has 0 bridgehead atoms. The van der Waals surface area contributed by atoms with Crippen molar-refractivity contribution < 1.29 is 14.6 Å². The van der Waals surface area contributed by atoms with Gasteiger partial charge in [-0.05, 0) is 59.0 Å². The zero-order chi connectivity index (χ0) is 23.9. The fourth-order valence-electron chi connectivity index (χ4n) is 5.02. The number of hydrogen-bond acceptors (Lipinski definition) is 5. The zero-order valence-corrected chi connectivity index (χ0v) is 20.0. The summed E-state index contributed by atoms with van der Waals surface area (Å²) in [5.74, 6) is -0.224. The molecule has 174 valence electrons. The average Bonchev–Trinajstić information content (AvgIpc) is 3.15. The predicted molar refractivity (Wildman–Crippen MR) is 139 cm³/mol. The quantitative estimate of drug-likeness (QED) is 0.325. The molecule has 1 atom stereocenters. The van der Waals surface area contributed by atoms with E-state index in [-0.39, 0.29) is 11.6 Å². The second kappa shape index (κ2) is 8.80. The number of benzene rings is 4. The van der Waals surface area contributed by atoms with Gasteiger partial charge in [0.25, 0.3) is 0 Å². The largest absolute Gasteiger partial charge is 0.496 e. The number of fused-ring (bicyclic) bond motifs is 4. The highest BCUT2D eigenvalue weighted by atomic mass is 32.2. The molecule has 6 heteroatoms. The Balaban J connectivity index is 1.52. The standard InChI is InChI=1S/C29H24N2O3S/c1-34-27-16-25-28(15-24(27)19-9-7-10-20(14-19)29(32)33)35-31-17-21-8-5-6-13-23(21)26(31)18-30(25)22-11-3-2-4-12-22/h2-16,26H,17-18H2,1H3,(H,32,33). The zero-order valence-electron chi connectivity index (χ0n) is 19.2. The van der Waals surface area contributed by atoms with Crippen molar-refractivity contribution in [3.8, 4) is 16.9 Å². The fourth-order valence-corrected chi connectivity index (χ4v) is 6.22. The van der Waals surface area contributed by atoms with E-state index in [2.05, 4.69) is 69.9 Å². The SMILES string of the molecule is COc1cc2c(cc1-c1cccc(C(=O)O)c1)SN1Cc3ccccc3C1CN2c1ccccc1. The number of carboxylic acid groups (broad SMARTS) is 1. The van der Waals surface area contributed by atoms with Crippen LogP contribution in [0.3, 0.4) is 0 Å². The first-order chi connectivity index (χ1) is 17.1. The number of hydrogen-bond donors (Lipinski definition) is 1. The summed E-state index contributed by atoms with van der Waals surface area (Å²) in [6.45, 7) is 1.70. The number of rotatable bonds is 4. The van der Waals surface area contributed by atoms with Gasteiger partial charge in [0.15, 0.2) is 0 Å². The summed E-state index contributed by atoms with van der Waals surface area (Å²) in [4.78, 5) is 15.1. The van der Waals surface area contributed by atoms with E-state index in [4.69, 9.17) is 4.74 Å². The summed E-state index contributed by atoms with van der Waals surface area (Å²) in [5, 5.41) is 9.51. The smallest absolute Gasteiger partial charge is 0.335 e. The third kappa shape index (κ3) is 3.85. The van der Waals surface area contributed by atoms with E-state index >= 15 is 0 Å². The number of carboxylic acids is 1. The molecule has 5 nitrogen and oxygen atoms in total. The Kier molecular flexibility index (Phi) is 5.47. The molecule has 0 spiro atoms. The molecule has 0 saturated carbocycles. The Bertz CT molecular complexity index is 1420. The molecule has 35 heavy (non-hydrogen) atoms. The first-order valence-electron chi connectivity index (χ1n) is 11.5. The van der Waals surface area contributed by atoms with Crippen LogP contribution in [0.2, 0.25) is 0 Å². The van der Waals surface area contributed by atoms with E-state index < -0.39 is 5.97 Å². The minimum atomic E-state index is -0.942. The molecule has 2 heterocycles. The second-order valence-corrected chi connectivity index (χ2v) is 9.82. The van der Waals surface area contributed by atoms with Gasteiger partial charge in [-0.3, -0.25) is 0 Å². The molecule has 6 rings (SSSR count). The Hall–Kier alpha value is -3.74. The first kappa shape index (κ1) is 21.8. The van der Waals surface area contributed by atoms with Crippen LogP contribution in [0.4, 0.5) is 11.4 Å². The topological polar surface area (TPSA) is 53.0 Å². The van der Waals surface area contributed by atoms with Gasteiger partial charge in [-0.25, -0.2) is 9.10 Å². The van der Waals surface area contributed by atoms with Crippen LogP contribution in [0, 0.1) is 0 Å². The van der Waals surface area contributed by atoms with Crippen molar-refractivity contribution >= 4 is 29.3 Å². The Morgan fingerprint density at radius 2 is 1.77 bits per heavy atom. The van der Waals surface area contributed by atoms with Gasteiger partial charge in [0, 0.05) is 35.3 Å². The Labute approximate surface area is 208 Å². The lowest BCUT2D eigenvalue weighted by atomic mass is 10.0. The minimum Gasteiger partial charge on any atom is -0.496 e. The van der Waals surface area contributed by atoms with Gasteiger partial charge in [0.05, 0.1) is 24.4 Å². The molecule has 4 aromatic rings. The van der Waals surface area contributed by atoms with Gasteiger partial charge in [0.1, 0.15) is 5.75 Å². The van der Waals surface area contributed by atoms with E-state index in [1.165, 1.54) is 11.1 Å². The van der Waals surface area contributed by atoms with Crippen LogP contribution in [0.5, 0.6) is 5.75 Å². The number of para-hydroxylation sites is 1. The Morgan fingerprint density at radius 3 is 2.57 bits per heavy atom. The van der Waals surface area contributed by atoms with E-state index in [1.54, 1.807) is 37.3 Å². The molecule has 1 unspecified atom stereocenters. The van der Waals surface area contributed by atoms with Gasteiger partial charge in [0.2, 0.25) is 0 Å². The van der Waals surface area contributed by atoms with Gasteiger partial charge in [-0.2, -0.15) is 0 Å². The van der Waals surface area contributed by atoms with Crippen LogP contribution in [0.1, 0.15) is 27.5 Å². The summed E-state index contributed by atoms with van der Waals surface area (Å²) in [6.07, 6.45) is 0. The van der Waals surface area contributed by atoms with Crippen molar-refractivity contribution in [3.63, 3.8) is 0 Å². The lowest BCUT2D eigenvalue weighted by molar-refractivity contribution is 0.0697. The highest BCUT2D eigenvalue weighted by Gasteiger charge is 2.37. The van der Waals surface area contributed by atoms with E-state index in [0.29, 0.717) is 0 Å². The van der Waals surface area contributed by atoms with Crippen molar-refractivity contribution in [2.24, 2.45) is 0 Å². The number of nitrogens with zero attached hydrogens (tertiary/aromatic N) is 2. The summed E-state index contributed by atoms with van der Waals surface area (Å²) in [6, 6.07) is 30.6. The molecule has 2 aliphatic heterocycles.